The molecule has 1 unspecified atom stereocenters. The van der Waals surface area contributed by atoms with Gasteiger partial charge in [-0.1, -0.05) is 38.1 Å². The van der Waals surface area contributed by atoms with E-state index in [2.05, 4.69) is 13.8 Å². The number of amides is 1. The van der Waals surface area contributed by atoms with Crippen molar-refractivity contribution in [3.63, 3.8) is 0 Å². The maximum Gasteiger partial charge on any atom is 0.331 e. The first-order valence-electron chi connectivity index (χ1n) is 6.05. The largest absolute Gasteiger partial charge is 0.479 e. The van der Waals surface area contributed by atoms with Crippen molar-refractivity contribution in [2.24, 2.45) is 0 Å². The van der Waals surface area contributed by atoms with Crippen molar-refractivity contribution in [1.29, 1.82) is 0 Å². The van der Waals surface area contributed by atoms with Crippen molar-refractivity contribution in [3.05, 3.63) is 35.4 Å². The number of aliphatic carboxylic acids is 1. The molecule has 0 aromatic heterocycles. The summed E-state index contributed by atoms with van der Waals surface area (Å²) >= 11 is 0. The number of benzene rings is 1. The molecular weight excluding hydrogens is 230 g/mol. The fourth-order valence-electron chi connectivity index (χ4n) is 1.86. The maximum absolute atomic E-state index is 11.3. The minimum atomic E-state index is -1.01. The summed E-state index contributed by atoms with van der Waals surface area (Å²) < 4.78 is 0. The Balaban J connectivity index is 3.06. The van der Waals surface area contributed by atoms with Gasteiger partial charge < -0.3 is 10.0 Å². The molecule has 1 atom stereocenters. The molecule has 0 aliphatic rings. The first kappa shape index (κ1) is 14.2. The Morgan fingerprint density at radius 2 is 1.78 bits per heavy atom. The highest BCUT2D eigenvalue weighted by Gasteiger charge is 2.25. The molecule has 1 amide bonds. The number of carboxylic acid groups (broad SMARTS) is 1. The van der Waals surface area contributed by atoms with Crippen LogP contribution in [0.5, 0.6) is 0 Å². The van der Waals surface area contributed by atoms with Gasteiger partial charge in [0.15, 0.2) is 6.04 Å². The summed E-state index contributed by atoms with van der Waals surface area (Å²) in [4.78, 5) is 23.4. The van der Waals surface area contributed by atoms with Crippen LogP contribution in [0.3, 0.4) is 0 Å². The van der Waals surface area contributed by atoms with Gasteiger partial charge in [-0.25, -0.2) is 4.79 Å². The highest BCUT2D eigenvalue weighted by atomic mass is 16.4. The SMILES string of the molecule is CCN(C=O)C(C(=O)O)c1ccc(C(C)C)cc1. The summed E-state index contributed by atoms with van der Waals surface area (Å²) in [5.41, 5.74) is 1.78. The van der Waals surface area contributed by atoms with Crippen LogP contribution in [-0.2, 0) is 9.59 Å². The minimum absolute atomic E-state index is 0.367. The molecule has 1 aromatic rings. The number of nitrogens with zero attached hydrogens (tertiary/aromatic N) is 1. The molecule has 0 aliphatic carbocycles. The second kappa shape index (κ2) is 6.19. The smallest absolute Gasteiger partial charge is 0.331 e. The number of rotatable bonds is 6. The third-order valence-corrected chi connectivity index (χ3v) is 2.98. The van der Waals surface area contributed by atoms with Crippen LogP contribution < -0.4 is 0 Å². The summed E-state index contributed by atoms with van der Waals surface area (Å²) in [6.45, 7) is 6.28. The van der Waals surface area contributed by atoms with Gasteiger partial charge in [-0.3, -0.25) is 4.79 Å². The van der Waals surface area contributed by atoms with Gasteiger partial charge in [0.05, 0.1) is 0 Å². The summed E-state index contributed by atoms with van der Waals surface area (Å²) in [5, 5.41) is 9.24. The van der Waals surface area contributed by atoms with Crippen LogP contribution in [0.2, 0.25) is 0 Å². The van der Waals surface area contributed by atoms with E-state index >= 15 is 0 Å². The Kier molecular flexibility index (Phi) is 4.89. The monoisotopic (exact) mass is 249 g/mol. The standard InChI is InChI=1S/C14H19NO3/c1-4-15(9-16)13(14(17)18)12-7-5-11(6-8-12)10(2)3/h5-10,13H,4H2,1-3H3,(H,17,18). The molecule has 0 saturated heterocycles. The van der Waals surface area contributed by atoms with E-state index in [1.807, 2.05) is 12.1 Å². The van der Waals surface area contributed by atoms with Crippen LogP contribution in [0.4, 0.5) is 0 Å². The van der Waals surface area contributed by atoms with Crippen LogP contribution in [-0.4, -0.2) is 28.9 Å². The average Bonchev–Trinajstić information content (AvgIpc) is 2.35. The molecule has 0 bridgehead atoms. The van der Waals surface area contributed by atoms with Crippen LogP contribution in [0.1, 0.15) is 43.9 Å². The van der Waals surface area contributed by atoms with Crippen molar-refractivity contribution in [2.75, 3.05) is 6.54 Å². The lowest BCUT2D eigenvalue weighted by Crippen LogP contribution is -2.32. The third-order valence-electron chi connectivity index (χ3n) is 2.98. The topological polar surface area (TPSA) is 57.6 Å². The van der Waals surface area contributed by atoms with E-state index in [1.54, 1.807) is 19.1 Å². The Hall–Kier alpha value is -1.84. The van der Waals surface area contributed by atoms with E-state index < -0.39 is 12.0 Å². The maximum atomic E-state index is 11.3. The highest BCUT2D eigenvalue weighted by molar-refractivity contribution is 5.78. The zero-order chi connectivity index (χ0) is 13.7. The molecule has 0 radical (unpaired) electrons. The van der Waals surface area contributed by atoms with Gasteiger partial charge in [0.1, 0.15) is 0 Å². The van der Waals surface area contributed by atoms with E-state index in [1.165, 1.54) is 4.90 Å². The van der Waals surface area contributed by atoms with Crippen LogP contribution in [0, 0.1) is 0 Å². The van der Waals surface area contributed by atoms with Gasteiger partial charge in [0.2, 0.25) is 6.41 Å². The van der Waals surface area contributed by atoms with Crippen molar-refractivity contribution < 1.29 is 14.7 Å². The van der Waals surface area contributed by atoms with Gasteiger partial charge >= 0.3 is 5.97 Å². The predicted octanol–water partition coefficient (Wildman–Crippen LogP) is 2.41. The van der Waals surface area contributed by atoms with Crippen molar-refractivity contribution in [3.8, 4) is 0 Å². The quantitative estimate of drug-likeness (QED) is 0.788. The molecule has 0 heterocycles. The van der Waals surface area contributed by atoms with Gasteiger partial charge in [-0.05, 0) is 24.0 Å². The summed E-state index contributed by atoms with van der Waals surface area (Å²) in [6, 6.07) is 6.47. The average molecular weight is 249 g/mol. The molecule has 0 fully saturated rings. The molecule has 1 N–H and O–H groups in total. The van der Waals surface area contributed by atoms with E-state index in [9.17, 15) is 14.7 Å². The summed E-state index contributed by atoms with van der Waals surface area (Å²) in [6.07, 6.45) is 0.579. The van der Waals surface area contributed by atoms with Crippen LogP contribution >= 0.6 is 0 Å². The predicted molar refractivity (Wildman–Crippen MR) is 69.4 cm³/mol. The lowest BCUT2D eigenvalue weighted by Gasteiger charge is -2.24. The number of hydrogen-bond donors (Lipinski definition) is 1. The Bertz CT molecular complexity index is 412. The van der Waals surface area contributed by atoms with Crippen LogP contribution in [0.15, 0.2) is 24.3 Å². The van der Waals surface area contributed by atoms with E-state index in [-0.39, 0.29) is 0 Å². The molecule has 4 heteroatoms. The van der Waals surface area contributed by atoms with E-state index in [0.717, 1.165) is 5.56 Å². The van der Waals surface area contributed by atoms with Gasteiger partial charge in [0, 0.05) is 6.54 Å². The zero-order valence-corrected chi connectivity index (χ0v) is 11.0. The molecule has 0 spiro atoms. The zero-order valence-electron chi connectivity index (χ0n) is 11.0. The number of likely N-dealkylation sites (N-methyl/N-ethyl adjacent to an activating group) is 1. The molecular formula is C14H19NO3. The van der Waals surface area contributed by atoms with Gasteiger partial charge in [-0.2, -0.15) is 0 Å². The Morgan fingerprint density at radius 1 is 1.28 bits per heavy atom. The van der Waals surface area contributed by atoms with Crippen LogP contribution in [0.25, 0.3) is 0 Å². The summed E-state index contributed by atoms with van der Waals surface area (Å²) in [7, 11) is 0. The first-order valence-corrected chi connectivity index (χ1v) is 6.05. The molecule has 0 aliphatic heterocycles. The van der Waals surface area contributed by atoms with Crippen molar-refractivity contribution >= 4 is 12.4 Å². The van der Waals surface area contributed by atoms with Gasteiger partial charge in [0.25, 0.3) is 0 Å². The molecule has 4 nitrogen and oxygen atoms in total. The van der Waals surface area contributed by atoms with Crippen molar-refractivity contribution in [1.82, 2.24) is 4.90 Å². The molecule has 0 saturated carbocycles. The number of hydrogen-bond acceptors (Lipinski definition) is 2. The molecule has 1 aromatic carbocycles. The second-order valence-electron chi connectivity index (χ2n) is 4.50. The molecule has 18 heavy (non-hydrogen) atoms. The van der Waals surface area contributed by atoms with E-state index in [4.69, 9.17) is 0 Å². The fourth-order valence-corrected chi connectivity index (χ4v) is 1.86. The highest BCUT2D eigenvalue weighted by Crippen LogP contribution is 2.22. The Morgan fingerprint density at radius 3 is 2.11 bits per heavy atom. The molecule has 1 rings (SSSR count). The third kappa shape index (κ3) is 3.09. The minimum Gasteiger partial charge on any atom is -0.479 e. The molecule has 98 valence electrons. The first-order chi connectivity index (χ1) is 8.51. The normalized spacial score (nSPS) is 12.2. The fraction of sp³-hybridized carbons (Fsp3) is 0.429. The number of carbonyl (C=O) groups excluding carboxylic acids is 1. The summed E-state index contributed by atoms with van der Waals surface area (Å²) in [5.74, 6) is -0.614. The lowest BCUT2D eigenvalue weighted by molar-refractivity contribution is -0.146. The number of carbonyl (C=O) groups is 2. The van der Waals surface area contributed by atoms with Crippen molar-refractivity contribution in [2.45, 2.75) is 32.7 Å². The van der Waals surface area contributed by atoms with Gasteiger partial charge in [-0.15, -0.1) is 0 Å². The van der Waals surface area contributed by atoms with E-state index in [0.29, 0.717) is 24.4 Å². The lowest BCUT2D eigenvalue weighted by atomic mass is 9.98. The number of carboxylic acids is 1. The Labute approximate surface area is 107 Å². The second-order valence-corrected chi connectivity index (χ2v) is 4.50.